The third-order valence-electron chi connectivity index (χ3n) is 7.26. The number of rotatable bonds is 7. The lowest BCUT2D eigenvalue weighted by Crippen LogP contribution is -2.37. The lowest BCUT2D eigenvalue weighted by Gasteiger charge is -2.29. The second-order valence-corrected chi connectivity index (χ2v) is 11.3. The molecule has 1 atom stereocenters. The fraction of sp³-hybridized carbons (Fsp3) is 0.242. The van der Waals surface area contributed by atoms with Gasteiger partial charge in [-0.2, -0.15) is 13.2 Å². The smallest absolute Gasteiger partial charge is 0.417 e. The van der Waals surface area contributed by atoms with E-state index in [-0.39, 0.29) is 17.5 Å². The van der Waals surface area contributed by atoms with E-state index < -0.39 is 34.1 Å². The highest BCUT2D eigenvalue weighted by atomic mass is 35.5. The average Bonchev–Trinajstić information content (AvgIpc) is 3.12. The van der Waals surface area contributed by atoms with E-state index in [4.69, 9.17) is 16.3 Å². The minimum absolute atomic E-state index is 0.116. The van der Waals surface area contributed by atoms with Crippen molar-refractivity contribution in [3.63, 3.8) is 0 Å². The first kappa shape index (κ1) is 30.4. The lowest BCUT2D eigenvalue weighted by atomic mass is 9.97. The third kappa shape index (κ3) is 6.78. The van der Waals surface area contributed by atoms with Crippen LogP contribution in [0.3, 0.4) is 0 Å². The topological polar surface area (TPSA) is 61.8 Å². The Kier molecular flexibility index (Phi) is 8.66. The molecule has 1 heterocycles. The summed E-state index contributed by atoms with van der Waals surface area (Å²) >= 11 is 5.84. The van der Waals surface area contributed by atoms with Gasteiger partial charge >= 0.3 is 12.1 Å². The molecule has 224 valence electrons. The van der Waals surface area contributed by atoms with Crippen LogP contribution in [0.4, 0.5) is 28.9 Å². The number of hydrogen-bond donors (Lipinski definition) is 2. The van der Waals surface area contributed by atoms with Crippen LogP contribution in [0.2, 0.25) is 5.02 Å². The van der Waals surface area contributed by atoms with E-state index >= 15 is 0 Å². The molecular formula is C33H29ClF4N2O3. The maximum Gasteiger partial charge on any atom is 0.417 e. The third-order valence-corrected chi connectivity index (χ3v) is 7.59. The van der Waals surface area contributed by atoms with Crippen LogP contribution in [0.5, 0.6) is 11.5 Å². The quantitative estimate of drug-likeness (QED) is 0.204. The summed E-state index contributed by atoms with van der Waals surface area (Å²) in [5.41, 5.74) is 1.67. The molecule has 0 bridgehead atoms. The second-order valence-electron chi connectivity index (χ2n) is 10.9. The van der Waals surface area contributed by atoms with Gasteiger partial charge in [0.2, 0.25) is 0 Å². The monoisotopic (exact) mass is 612 g/mol. The molecule has 0 saturated carbocycles. The van der Waals surface area contributed by atoms with Crippen LogP contribution in [-0.2, 0) is 12.7 Å². The Morgan fingerprint density at radius 1 is 1.07 bits per heavy atom. The summed E-state index contributed by atoms with van der Waals surface area (Å²) in [5, 5.41) is 12.7. The van der Waals surface area contributed by atoms with Gasteiger partial charge in [0.1, 0.15) is 17.3 Å². The van der Waals surface area contributed by atoms with Crippen molar-refractivity contribution >= 4 is 28.9 Å². The molecule has 4 aromatic carbocycles. The van der Waals surface area contributed by atoms with E-state index in [0.29, 0.717) is 30.1 Å². The molecular weight excluding hydrogens is 584 g/mol. The normalized spacial score (nSPS) is 15.3. The number of carbonyl (C=O) groups is 1. The Bertz CT molecular complexity index is 1640. The maximum atomic E-state index is 14.3. The van der Waals surface area contributed by atoms with Crippen molar-refractivity contribution in [2.45, 2.75) is 39.0 Å². The van der Waals surface area contributed by atoms with Gasteiger partial charge in [-0.25, -0.2) is 9.18 Å². The molecule has 0 saturated heterocycles. The molecule has 2 N–H and O–H groups in total. The van der Waals surface area contributed by atoms with Gasteiger partial charge in [0.25, 0.3) is 0 Å². The van der Waals surface area contributed by atoms with Gasteiger partial charge in [-0.1, -0.05) is 49.7 Å². The SMILES string of the molecule is CC(C)C[C@@H]1CN(c2ccccc2)c2cc(Oc3ccc(Cl)c(C(F)(F)F)c3)c(-c3ccc(F)c(C(=O)O)c3)cc2CN1. The minimum Gasteiger partial charge on any atom is -0.478 e. The summed E-state index contributed by atoms with van der Waals surface area (Å²) < 4.78 is 61.4. The largest absolute Gasteiger partial charge is 0.478 e. The van der Waals surface area contributed by atoms with E-state index in [1.54, 1.807) is 6.07 Å². The number of alkyl halides is 3. The van der Waals surface area contributed by atoms with E-state index in [0.717, 1.165) is 41.6 Å². The van der Waals surface area contributed by atoms with Gasteiger partial charge in [0, 0.05) is 42.1 Å². The number of nitrogens with one attached hydrogen (secondary N) is 1. The van der Waals surface area contributed by atoms with Gasteiger partial charge in [-0.3, -0.25) is 0 Å². The van der Waals surface area contributed by atoms with Crippen molar-refractivity contribution in [2.24, 2.45) is 5.92 Å². The number of anilines is 2. The molecule has 4 aromatic rings. The zero-order chi connectivity index (χ0) is 30.9. The molecule has 0 fully saturated rings. The van der Waals surface area contributed by atoms with Crippen molar-refractivity contribution in [2.75, 3.05) is 11.4 Å². The predicted molar refractivity (Wildman–Crippen MR) is 159 cm³/mol. The number of para-hydroxylation sites is 1. The molecule has 0 radical (unpaired) electrons. The molecule has 0 aliphatic carbocycles. The average molecular weight is 613 g/mol. The molecule has 5 nitrogen and oxygen atoms in total. The first-order valence-corrected chi connectivity index (χ1v) is 14.1. The predicted octanol–water partition coefficient (Wildman–Crippen LogP) is 9.31. The Labute approximate surface area is 251 Å². The van der Waals surface area contributed by atoms with E-state index in [9.17, 15) is 27.5 Å². The lowest BCUT2D eigenvalue weighted by molar-refractivity contribution is -0.137. The fourth-order valence-electron chi connectivity index (χ4n) is 5.30. The van der Waals surface area contributed by atoms with E-state index in [1.165, 1.54) is 18.2 Å². The Balaban J connectivity index is 1.70. The van der Waals surface area contributed by atoms with Crippen LogP contribution in [0.25, 0.3) is 11.1 Å². The summed E-state index contributed by atoms with van der Waals surface area (Å²) in [5.74, 6) is -1.88. The number of fused-ring (bicyclic) bond motifs is 1. The molecule has 0 aromatic heterocycles. The zero-order valence-corrected chi connectivity index (χ0v) is 24.1. The highest BCUT2D eigenvalue weighted by Gasteiger charge is 2.34. The first-order valence-electron chi connectivity index (χ1n) is 13.7. The number of carboxylic acid groups (broad SMARTS) is 1. The first-order chi connectivity index (χ1) is 20.4. The summed E-state index contributed by atoms with van der Waals surface area (Å²) in [6.45, 7) is 5.38. The number of nitrogens with zero attached hydrogens (tertiary/aromatic N) is 1. The summed E-state index contributed by atoms with van der Waals surface area (Å²) in [6, 6.07) is 20.3. The summed E-state index contributed by atoms with van der Waals surface area (Å²) in [4.78, 5) is 13.9. The molecule has 0 amide bonds. The number of ether oxygens (including phenoxy) is 1. The fourth-order valence-corrected chi connectivity index (χ4v) is 5.53. The molecule has 1 aliphatic rings. The van der Waals surface area contributed by atoms with Crippen molar-refractivity contribution < 1.29 is 32.2 Å². The molecule has 0 spiro atoms. The minimum atomic E-state index is -4.71. The summed E-state index contributed by atoms with van der Waals surface area (Å²) in [6.07, 6.45) is -3.81. The Hall–Kier alpha value is -4.08. The van der Waals surface area contributed by atoms with Gasteiger partial charge in [-0.05, 0) is 72.0 Å². The van der Waals surface area contributed by atoms with Gasteiger partial charge in [-0.15, -0.1) is 0 Å². The zero-order valence-electron chi connectivity index (χ0n) is 23.4. The van der Waals surface area contributed by atoms with Crippen LogP contribution >= 0.6 is 11.6 Å². The Morgan fingerprint density at radius 3 is 2.49 bits per heavy atom. The second kappa shape index (κ2) is 12.3. The highest BCUT2D eigenvalue weighted by Crippen LogP contribution is 2.44. The van der Waals surface area contributed by atoms with Crippen molar-refractivity contribution in [3.05, 3.63) is 106 Å². The van der Waals surface area contributed by atoms with E-state index in [2.05, 4.69) is 24.1 Å². The van der Waals surface area contributed by atoms with Gasteiger partial charge in [0.05, 0.1) is 16.1 Å². The molecule has 43 heavy (non-hydrogen) atoms. The van der Waals surface area contributed by atoms with Crippen LogP contribution in [0.15, 0.2) is 78.9 Å². The van der Waals surface area contributed by atoms with Gasteiger partial charge in [0.15, 0.2) is 0 Å². The van der Waals surface area contributed by atoms with Gasteiger partial charge < -0.3 is 20.1 Å². The molecule has 1 aliphatic heterocycles. The van der Waals surface area contributed by atoms with Crippen molar-refractivity contribution in [1.29, 1.82) is 0 Å². The molecule has 0 unspecified atom stereocenters. The Morgan fingerprint density at radius 2 is 1.81 bits per heavy atom. The van der Waals surface area contributed by atoms with Crippen molar-refractivity contribution in [3.8, 4) is 22.6 Å². The van der Waals surface area contributed by atoms with Crippen molar-refractivity contribution in [1.82, 2.24) is 5.32 Å². The number of hydrogen-bond acceptors (Lipinski definition) is 4. The molecule has 5 rings (SSSR count). The van der Waals surface area contributed by atoms with Crippen LogP contribution in [0, 0.1) is 11.7 Å². The summed E-state index contributed by atoms with van der Waals surface area (Å²) in [7, 11) is 0. The standard InChI is InChI=1S/C33H29ClF4N2O3/c1-19(2)12-22-18-40(23-6-4-3-5-7-23)30-16-31(43-24-9-10-28(34)27(15-24)33(36,37)38)25(14-21(30)17-39-22)20-8-11-29(35)26(13-20)32(41)42/h3-11,13-16,19,22,39H,12,17-18H2,1-2H3,(H,41,42)/t22-/m1/s1. The van der Waals surface area contributed by atoms with Crippen LogP contribution in [0.1, 0.15) is 41.8 Å². The maximum absolute atomic E-state index is 14.3. The number of aromatic carboxylic acids is 1. The molecule has 10 heteroatoms. The van der Waals surface area contributed by atoms with Crippen LogP contribution < -0.4 is 15.0 Å². The number of benzene rings is 4. The number of carboxylic acids is 1. The number of halogens is 5. The highest BCUT2D eigenvalue weighted by molar-refractivity contribution is 6.31. The van der Waals surface area contributed by atoms with E-state index in [1.807, 2.05) is 36.4 Å². The van der Waals surface area contributed by atoms with Crippen LogP contribution in [-0.4, -0.2) is 23.7 Å².